The third-order valence-electron chi connectivity index (χ3n) is 5.55. The predicted molar refractivity (Wildman–Crippen MR) is 118 cm³/mol. The summed E-state index contributed by atoms with van der Waals surface area (Å²) < 4.78 is 10.6. The molecule has 0 saturated carbocycles. The number of amides is 1. The van der Waals surface area contributed by atoms with Crippen molar-refractivity contribution in [3.8, 4) is 28.5 Å². The van der Waals surface area contributed by atoms with Crippen LogP contribution in [0.4, 0.5) is 5.82 Å². The molecule has 0 saturated heterocycles. The van der Waals surface area contributed by atoms with Gasteiger partial charge in [0.1, 0.15) is 17.3 Å². The highest BCUT2D eigenvalue weighted by atomic mass is 16.5. The number of aromatic nitrogens is 3. The number of fused-ring (bicyclic) bond motifs is 1. The SMILES string of the molecule is COc1ccc(-c2n[nH]c3c2[C@@H](c2ccc(O)c(OC)c2)N(c2ccccn2)C3=O)cc1. The molecule has 0 unspecified atom stereocenters. The van der Waals surface area contributed by atoms with E-state index in [2.05, 4.69) is 15.2 Å². The van der Waals surface area contributed by atoms with Gasteiger partial charge in [-0.05, 0) is 54.1 Å². The number of nitrogens with zero attached hydrogens (tertiary/aromatic N) is 3. The molecular weight excluding hydrogens is 408 g/mol. The number of hydrogen-bond donors (Lipinski definition) is 2. The number of pyridine rings is 1. The zero-order chi connectivity index (χ0) is 22.2. The van der Waals surface area contributed by atoms with Crippen LogP contribution in [0.3, 0.4) is 0 Å². The molecule has 8 heteroatoms. The predicted octanol–water partition coefficient (Wildman–Crippen LogP) is 3.94. The molecular formula is C24H20N4O4. The molecule has 1 aliphatic heterocycles. The topological polar surface area (TPSA) is 101 Å². The monoisotopic (exact) mass is 428 g/mol. The van der Waals surface area contributed by atoms with Crippen molar-refractivity contribution in [2.45, 2.75) is 6.04 Å². The van der Waals surface area contributed by atoms with Gasteiger partial charge < -0.3 is 14.6 Å². The average molecular weight is 428 g/mol. The number of phenols is 1. The van der Waals surface area contributed by atoms with Crippen LogP contribution < -0.4 is 14.4 Å². The van der Waals surface area contributed by atoms with E-state index in [1.54, 1.807) is 48.5 Å². The number of carbonyl (C=O) groups is 1. The van der Waals surface area contributed by atoms with Gasteiger partial charge in [0, 0.05) is 17.3 Å². The molecule has 2 aromatic heterocycles. The van der Waals surface area contributed by atoms with E-state index in [9.17, 15) is 9.90 Å². The van der Waals surface area contributed by atoms with Crippen LogP contribution >= 0.6 is 0 Å². The van der Waals surface area contributed by atoms with Crippen molar-refractivity contribution in [1.29, 1.82) is 0 Å². The van der Waals surface area contributed by atoms with Crippen LogP contribution in [0, 0.1) is 0 Å². The van der Waals surface area contributed by atoms with E-state index in [1.165, 1.54) is 7.11 Å². The molecule has 1 aliphatic rings. The molecule has 160 valence electrons. The van der Waals surface area contributed by atoms with Gasteiger partial charge in [0.25, 0.3) is 5.91 Å². The fourth-order valence-corrected chi connectivity index (χ4v) is 4.03. The quantitative estimate of drug-likeness (QED) is 0.499. The lowest BCUT2D eigenvalue weighted by Gasteiger charge is -2.25. The number of hydrogen-bond acceptors (Lipinski definition) is 6. The molecule has 0 radical (unpaired) electrons. The van der Waals surface area contributed by atoms with E-state index in [4.69, 9.17) is 9.47 Å². The van der Waals surface area contributed by atoms with E-state index >= 15 is 0 Å². The summed E-state index contributed by atoms with van der Waals surface area (Å²) in [6.07, 6.45) is 1.65. The van der Waals surface area contributed by atoms with Crippen molar-refractivity contribution in [2.75, 3.05) is 19.1 Å². The van der Waals surface area contributed by atoms with Crippen LogP contribution in [-0.4, -0.2) is 40.4 Å². The molecule has 8 nitrogen and oxygen atoms in total. The first-order valence-electron chi connectivity index (χ1n) is 9.96. The van der Waals surface area contributed by atoms with E-state index < -0.39 is 6.04 Å². The molecule has 5 rings (SSSR count). The van der Waals surface area contributed by atoms with Crippen LogP contribution in [0.5, 0.6) is 17.2 Å². The van der Waals surface area contributed by atoms with Gasteiger partial charge in [0.15, 0.2) is 11.5 Å². The van der Waals surface area contributed by atoms with Crippen molar-refractivity contribution in [1.82, 2.24) is 15.2 Å². The second-order valence-corrected chi connectivity index (χ2v) is 7.29. The second-order valence-electron chi connectivity index (χ2n) is 7.29. The summed E-state index contributed by atoms with van der Waals surface area (Å²) in [5.41, 5.74) is 3.40. The Kier molecular flexibility index (Phi) is 4.74. The average Bonchev–Trinajstić information content (AvgIpc) is 3.39. The zero-order valence-corrected chi connectivity index (χ0v) is 17.4. The van der Waals surface area contributed by atoms with Crippen molar-refractivity contribution < 1.29 is 19.4 Å². The maximum Gasteiger partial charge on any atom is 0.278 e. The number of nitrogens with one attached hydrogen (secondary N) is 1. The summed E-state index contributed by atoms with van der Waals surface area (Å²) >= 11 is 0. The van der Waals surface area contributed by atoms with E-state index in [1.807, 2.05) is 30.3 Å². The van der Waals surface area contributed by atoms with Crippen LogP contribution in [0.25, 0.3) is 11.3 Å². The smallest absolute Gasteiger partial charge is 0.278 e. The molecule has 1 atom stereocenters. The van der Waals surface area contributed by atoms with Gasteiger partial charge in [-0.15, -0.1) is 0 Å². The summed E-state index contributed by atoms with van der Waals surface area (Å²) in [4.78, 5) is 19.5. The van der Waals surface area contributed by atoms with Crippen LogP contribution in [0.2, 0.25) is 0 Å². The van der Waals surface area contributed by atoms with E-state index in [0.717, 1.165) is 22.4 Å². The number of aromatic amines is 1. The summed E-state index contributed by atoms with van der Waals surface area (Å²) in [5, 5.41) is 17.5. The van der Waals surface area contributed by atoms with Gasteiger partial charge in [0.05, 0.1) is 26.0 Å². The number of methoxy groups -OCH3 is 2. The van der Waals surface area contributed by atoms with Crippen molar-refractivity contribution in [3.05, 3.63) is 83.7 Å². The Balaban J connectivity index is 1.71. The Labute approximate surface area is 184 Å². The summed E-state index contributed by atoms with van der Waals surface area (Å²) in [7, 11) is 3.10. The van der Waals surface area contributed by atoms with Crippen LogP contribution in [0.1, 0.15) is 27.7 Å². The Bertz CT molecular complexity index is 1290. The second kappa shape index (κ2) is 7.73. The Morgan fingerprint density at radius 1 is 1.03 bits per heavy atom. The molecule has 0 aliphatic carbocycles. The minimum absolute atomic E-state index is 0.0211. The summed E-state index contributed by atoms with van der Waals surface area (Å²) in [6, 6.07) is 17.5. The normalized spacial score (nSPS) is 15.0. The van der Waals surface area contributed by atoms with Crippen molar-refractivity contribution >= 4 is 11.7 Å². The minimum atomic E-state index is -0.516. The first kappa shape index (κ1) is 19.6. The van der Waals surface area contributed by atoms with Crippen molar-refractivity contribution in [2.24, 2.45) is 0 Å². The standard InChI is InChI=1S/C24H20N4O4/c1-31-16-9-6-14(7-10-16)21-20-22(27-26-21)24(30)28(19-5-3-4-12-25-19)23(20)15-8-11-17(29)18(13-15)32-2/h3-13,23,29H,1-2H3,(H,26,27)/t23-/m1/s1. The molecule has 1 amide bonds. The van der Waals surface area contributed by atoms with E-state index in [-0.39, 0.29) is 11.7 Å². The fraction of sp³-hybridized carbons (Fsp3) is 0.125. The fourth-order valence-electron chi connectivity index (χ4n) is 4.03. The highest BCUT2D eigenvalue weighted by molar-refractivity contribution is 6.11. The number of phenolic OH excluding ortho intramolecular Hbond substituents is 1. The van der Waals surface area contributed by atoms with Gasteiger partial charge in [-0.25, -0.2) is 4.98 Å². The Morgan fingerprint density at radius 2 is 1.84 bits per heavy atom. The summed E-state index contributed by atoms with van der Waals surface area (Å²) in [6.45, 7) is 0. The summed E-state index contributed by atoms with van der Waals surface area (Å²) in [5.74, 6) is 1.35. The van der Waals surface area contributed by atoms with Gasteiger partial charge in [-0.1, -0.05) is 12.1 Å². The van der Waals surface area contributed by atoms with Gasteiger partial charge in [-0.3, -0.25) is 14.8 Å². The van der Waals surface area contributed by atoms with Gasteiger partial charge in [0.2, 0.25) is 0 Å². The Morgan fingerprint density at radius 3 is 2.53 bits per heavy atom. The minimum Gasteiger partial charge on any atom is -0.504 e. The molecule has 3 heterocycles. The molecule has 2 aromatic carbocycles. The molecule has 0 spiro atoms. The molecule has 0 bridgehead atoms. The maximum absolute atomic E-state index is 13.5. The van der Waals surface area contributed by atoms with Crippen LogP contribution in [0.15, 0.2) is 66.9 Å². The molecule has 2 N–H and O–H groups in total. The first-order valence-corrected chi connectivity index (χ1v) is 9.96. The number of anilines is 1. The number of ether oxygens (including phenoxy) is 2. The third-order valence-corrected chi connectivity index (χ3v) is 5.55. The largest absolute Gasteiger partial charge is 0.504 e. The highest BCUT2D eigenvalue weighted by Gasteiger charge is 2.43. The van der Waals surface area contributed by atoms with Gasteiger partial charge >= 0.3 is 0 Å². The number of H-pyrrole nitrogens is 1. The number of rotatable bonds is 5. The lowest BCUT2D eigenvalue weighted by Crippen LogP contribution is -2.30. The number of aromatic hydroxyl groups is 1. The number of carbonyl (C=O) groups excluding carboxylic acids is 1. The van der Waals surface area contributed by atoms with Gasteiger partial charge in [-0.2, -0.15) is 5.10 Å². The van der Waals surface area contributed by atoms with Crippen LogP contribution in [-0.2, 0) is 0 Å². The molecule has 32 heavy (non-hydrogen) atoms. The number of benzene rings is 2. The maximum atomic E-state index is 13.5. The van der Waals surface area contributed by atoms with E-state index in [0.29, 0.717) is 23.0 Å². The molecule has 0 fully saturated rings. The van der Waals surface area contributed by atoms with Crippen molar-refractivity contribution in [3.63, 3.8) is 0 Å². The highest BCUT2D eigenvalue weighted by Crippen LogP contribution is 2.45. The lowest BCUT2D eigenvalue weighted by atomic mass is 9.95. The molecule has 4 aromatic rings. The first-order chi connectivity index (χ1) is 15.6. The third kappa shape index (κ3) is 3.04. The zero-order valence-electron chi connectivity index (χ0n) is 17.4. The Hall–Kier alpha value is -4.33. The lowest BCUT2D eigenvalue weighted by molar-refractivity contribution is 0.0988.